The van der Waals surface area contributed by atoms with E-state index >= 15 is 0 Å². The topological polar surface area (TPSA) is 30.7 Å². The Bertz CT molecular complexity index is 3650. The molecular formula is C72H63N3Si2. The van der Waals surface area contributed by atoms with Crippen LogP contribution in [0.15, 0.2) is 273 Å². The van der Waals surface area contributed by atoms with Crippen LogP contribution in [0.25, 0.3) is 50.3 Å². The zero-order chi connectivity index (χ0) is 52.8. The van der Waals surface area contributed by atoms with Crippen molar-refractivity contribution < 1.29 is 0 Å². The molecule has 12 rings (SSSR count). The number of benzene rings is 10. The van der Waals surface area contributed by atoms with Gasteiger partial charge in [-0.3, -0.25) is 4.57 Å². The van der Waals surface area contributed by atoms with Crippen LogP contribution in [0.1, 0.15) is 52.7 Å². The fourth-order valence-electron chi connectivity index (χ4n) is 12.1. The highest BCUT2D eigenvalue weighted by Gasteiger charge is 2.43. The number of hydrogen-bond acceptors (Lipinski definition) is 2. The van der Waals surface area contributed by atoms with Crippen molar-refractivity contribution in [2.75, 3.05) is 0 Å². The van der Waals surface area contributed by atoms with Crippen molar-refractivity contribution in [3.8, 4) is 28.5 Å². The van der Waals surface area contributed by atoms with Gasteiger partial charge in [0.05, 0.1) is 16.7 Å². The average Bonchev–Trinajstić information content (AvgIpc) is 3.85. The van der Waals surface area contributed by atoms with E-state index in [9.17, 15) is 0 Å². The van der Waals surface area contributed by atoms with E-state index in [1.54, 1.807) is 0 Å². The monoisotopic (exact) mass is 1030 g/mol. The van der Waals surface area contributed by atoms with Crippen LogP contribution in [0, 0.1) is 0 Å². The Morgan fingerprint density at radius 1 is 0.325 bits per heavy atom. The van der Waals surface area contributed by atoms with Crippen LogP contribution < -0.4 is 41.5 Å². The highest BCUT2D eigenvalue weighted by molar-refractivity contribution is 7.20. The van der Waals surface area contributed by atoms with Gasteiger partial charge in [0.15, 0.2) is 22.0 Å². The molecule has 3 nitrogen and oxygen atoms in total. The first-order valence-electron chi connectivity index (χ1n) is 27.0. The van der Waals surface area contributed by atoms with E-state index in [0.29, 0.717) is 5.82 Å². The molecule has 0 atom stereocenters. The first kappa shape index (κ1) is 49.4. The summed E-state index contributed by atoms with van der Waals surface area (Å²) in [5.74, 6) is 1.51. The molecule has 0 bridgehead atoms. The lowest BCUT2D eigenvalue weighted by atomic mass is 9.79. The summed E-state index contributed by atoms with van der Waals surface area (Å²) in [5.41, 5.74) is 7.53. The summed E-state index contributed by atoms with van der Waals surface area (Å²) in [6.45, 7) is 14.0. The van der Waals surface area contributed by atoms with Gasteiger partial charge in [-0.05, 0) is 75.6 Å². The molecule has 2 aromatic heterocycles. The van der Waals surface area contributed by atoms with Gasteiger partial charge in [-0.25, -0.2) is 9.97 Å². The summed E-state index contributed by atoms with van der Waals surface area (Å²) < 4.78 is 2.44. The highest BCUT2D eigenvalue weighted by atomic mass is 28.3. The number of nitrogens with zero attached hydrogens (tertiary/aromatic N) is 3. The van der Waals surface area contributed by atoms with Crippen LogP contribution >= 0.6 is 0 Å². The van der Waals surface area contributed by atoms with E-state index in [-0.39, 0.29) is 10.8 Å². The predicted molar refractivity (Wildman–Crippen MR) is 332 cm³/mol. The third-order valence-corrected chi connectivity index (χ3v) is 25.3. The van der Waals surface area contributed by atoms with Crippen LogP contribution in [0.5, 0.6) is 0 Å². The summed E-state index contributed by atoms with van der Waals surface area (Å²) in [6, 6.07) is 101. The van der Waals surface area contributed by atoms with Crippen molar-refractivity contribution in [3.05, 3.63) is 284 Å². The predicted octanol–water partition coefficient (Wildman–Crippen LogP) is 12.3. The van der Waals surface area contributed by atoms with Gasteiger partial charge in [0.25, 0.3) is 0 Å². The Morgan fingerprint density at radius 3 is 1.14 bits per heavy atom. The van der Waals surface area contributed by atoms with Gasteiger partial charge in [-0.2, -0.15) is 0 Å². The smallest absolute Gasteiger partial charge is 0.179 e. The summed E-state index contributed by atoms with van der Waals surface area (Å²) in [7, 11) is -5.81. The lowest BCUT2D eigenvalue weighted by Gasteiger charge is -2.34. The molecule has 5 heteroatoms. The maximum atomic E-state index is 5.80. The molecule has 0 aliphatic carbocycles. The minimum atomic E-state index is -2.91. The van der Waals surface area contributed by atoms with Crippen molar-refractivity contribution in [1.29, 1.82) is 0 Å². The molecule has 0 saturated heterocycles. The largest absolute Gasteiger partial charge is 0.293 e. The molecule has 0 spiro atoms. The van der Waals surface area contributed by atoms with Gasteiger partial charge in [0.2, 0.25) is 0 Å². The fraction of sp³-hybridized carbons (Fsp3) is 0.111. The minimum absolute atomic E-state index is 0.0573. The highest BCUT2D eigenvalue weighted by Crippen LogP contribution is 2.42. The van der Waals surface area contributed by atoms with E-state index in [1.807, 2.05) is 0 Å². The van der Waals surface area contributed by atoms with Gasteiger partial charge >= 0.3 is 0 Å². The molecule has 0 saturated carbocycles. The Balaban J connectivity index is 1.17. The number of para-hydroxylation sites is 1. The van der Waals surface area contributed by atoms with Gasteiger partial charge in [-0.1, -0.05) is 296 Å². The summed E-state index contributed by atoms with van der Waals surface area (Å²) in [6.07, 6.45) is 0. The van der Waals surface area contributed by atoms with Crippen LogP contribution in [-0.4, -0.2) is 30.7 Å². The zero-order valence-corrected chi connectivity index (χ0v) is 46.8. The second kappa shape index (κ2) is 19.9. The van der Waals surface area contributed by atoms with Crippen molar-refractivity contribution in [1.82, 2.24) is 14.5 Å². The van der Waals surface area contributed by atoms with E-state index in [4.69, 9.17) is 9.97 Å². The summed E-state index contributed by atoms with van der Waals surface area (Å²) >= 11 is 0. The molecule has 0 aliphatic heterocycles. The summed E-state index contributed by atoms with van der Waals surface area (Å²) in [4.78, 5) is 11.5. The Morgan fingerprint density at radius 2 is 0.714 bits per heavy atom. The average molecular weight is 1030 g/mol. The van der Waals surface area contributed by atoms with Gasteiger partial charge in [0, 0.05) is 28.0 Å². The van der Waals surface area contributed by atoms with Crippen molar-refractivity contribution in [2.45, 2.75) is 52.4 Å². The lowest BCUT2D eigenvalue weighted by molar-refractivity contribution is 0.572. The van der Waals surface area contributed by atoms with Crippen molar-refractivity contribution in [3.63, 3.8) is 0 Å². The molecule has 0 fully saturated rings. The Kier molecular flexibility index (Phi) is 12.8. The third-order valence-electron chi connectivity index (χ3n) is 15.8. The van der Waals surface area contributed by atoms with Crippen LogP contribution in [0.4, 0.5) is 0 Å². The van der Waals surface area contributed by atoms with E-state index in [0.717, 1.165) is 28.2 Å². The number of aromatic nitrogens is 3. The molecule has 0 aliphatic rings. The second-order valence-electron chi connectivity index (χ2n) is 22.6. The maximum Gasteiger partial charge on any atom is 0.179 e. The first-order valence-corrected chi connectivity index (χ1v) is 31.0. The van der Waals surface area contributed by atoms with Crippen molar-refractivity contribution >= 4 is 79.4 Å². The molecule has 77 heavy (non-hydrogen) atoms. The number of rotatable bonds is 11. The molecule has 10 aromatic carbocycles. The molecule has 0 radical (unpaired) electrons. The second-order valence-corrected chi connectivity index (χ2v) is 30.2. The molecular weight excluding hydrogens is 963 g/mol. The normalized spacial score (nSPS) is 12.3. The molecule has 0 amide bonds. The standard InChI is InChI=1S/C72H63N3Si2/c1-71(2,3)54-49-64-63-45-25-26-46-67(63)75(69(64)65(50-54)72(4,5)6)68-51-66(52-29-27-43-61(47-52)76(55-31-13-7-14-32-55,56-33-15-8-16-34-56)57-35-17-9-18-36-57)73-70(74-68)53-30-28-44-62(48-53)77(58-37-19-10-20-38-58,59-39-21-11-22-40-59)60-41-23-12-24-42-60/h7-51H,1-6H3. The number of fused-ring (bicyclic) bond motifs is 3. The first-order chi connectivity index (χ1) is 37.5. The van der Waals surface area contributed by atoms with Gasteiger partial charge < -0.3 is 0 Å². The minimum Gasteiger partial charge on any atom is -0.293 e. The summed E-state index contributed by atoms with van der Waals surface area (Å²) in [5, 5.41) is 12.9. The van der Waals surface area contributed by atoms with E-state index < -0.39 is 16.1 Å². The lowest BCUT2D eigenvalue weighted by Crippen LogP contribution is -2.74. The fourth-order valence-corrected chi connectivity index (χ4v) is 21.7. The Labute approximate surface area is 456 Å². The SMILES string of the molecule is CC(C)(C)c1cc(C(C)(C)C)c2c(c1)c1ccccc1n2-c1cc(-c2cccc([Si](c3ccccc3)(c3ccccc3)c3ccccc3)c2)nc(-c2cccc([Si](c3ccccc3)(c3ccccc3)c3ccccc3)c2)n1. The maximum absolute atomic E-state index is 5.80. The van der Waals surface area contributed by atoms with Gasteiger partial charge in [-0.15, -0.1) is 0 Å². The van der Waals surface area contributed by atoms with E-state index in [1.165, 1.54) is 68.9 Å². The molecule has 374 valence electrons. The number of hydrogen-bond donors (Lipinski definition) is 0. The molecule has 12 aromatic rings. The quantitative estimate of drug-likeness (QED) is 0.0955. The third kappa shape index (κ3) is 8.70. The molecule has 0 N–H and O–H groups in total. The van der Waals surface area contributed by atoms with Crippen LogP contribution in [0.3, 0.4) is 0 Å². The van der Waals surface area contributed by atoms with Crippen LogP contribution in [0.2, 0.25) is 0 Å². The molecule has 2 heterocycles. The van der Waals surface area contributed by atoms with E-state index in [2.05, 4.69) is 319 Å². The van der Waals surface area contributed by atoms with Crippen molar-refractivity contribution in [2.24, 2.45) is 0 Å². The molecule has 0 unspecified atom stereocenters. The zero-order valence-electron chi connectivity index (χ0n) is 44.8. The van der Waals surface area contributed by atoms with Crippen LogP contribution in [-0.2, 0) is 10.8 Å². The van der Waals surface area contributed by atoms with Gasteiger partial charge in [0.1, 0.15) is 5.82 Å². The Hall–Kier alpha value is -8.49.